The van der Waals surface area contributed by atoms with Gasteiger partial charge in [0.1, 0.15) is 23.3 Å². The minimum absolute atomic E-state index is 0. The molecule has 0 amide bonds. The van der Waals surface area contributed by atoms with E-state index in [1.807, 2.05) is 0 Å². The van der Waals surface area contributed by atoms with Crippen molar-refractivity contribution < 1.29 is 28.5 Å². The van der Waals surface area contributed by atoms with Crippen LogP contribution in [0.2, 0.25) is 0 Å². The number of rotatable bonds is 1. The molecule has 0 spiro atoms. The number of alkyl halides is 3. The molecular formula is C8H9ClF3NO3. The van der Waals surface area contributed by atoms with Crippen molar-refractivity contribution in [2.45, 2.75) is 12.2 Å². The Bertz CT molecular complexity index is 360. The van der Waals surface area contributed by atoms with Gasteiger partial charge in [-0.2, -0.15) is 13.2 Å². The third-order valence-corrected chi connectivity index (χ3v) is 1.78. The topological polar surface area (TPSA) is 86.7 Å². The zero-order valence-electron chi connectivity index (χ0n) is 7.69. The van der Waals surface area contributed by atoms with Crippen LogP contribution in [0.15, 0.2) is 12.1 Å². The van der Waals surface area contributed by atoms with Gasteiger partial charge in [0.05, 0.1) is 5.56 Å². The van der Waals surface area contributed by atoms with Crippen LogP contribution in [0.3, 0.4) is 0 Å². The second-order valence-electron chi connectivity index (χ2n) is 2.92. The van der Waals surface area contributed by atoms with E-state index in [-0.39, 0.29) is 12.4 Å². The Balaban J connectivity index is 0.00000225. The Morgan fingerprint density at radius 1 is 1.06 bits per heavy atom. The van der Waals surface area contributed by atoms with E-state index in [1.54, 1.807) is 0 Å². The highest BCUT2D eigenvalue weighted by atomic mass is 35.5. The van der Waals surface area contributed by atoms with Crippen LogP contribution >= 0.6 is 12.4 Å². The molecule has 5 N–H and O–H groups in total. The van der Waals surface area contributed by atoms with Gasteiger partial charge in [-0.05, 0) is 0 Å². The second-order valence-corrected chi connectivity index (χ2v) is 2.92. The fourth-order valence-electron chi connectivity index (χ4n) is 1.09. The minimum atomic E-state index is -4.79. The standard InChI is InChI=1S/C8H8F3NO3.ClH/c9-8(10,11)7(12)6-4(14)1-3(13)2-5(6)15;/h1-2,7,13-15H,12H2;1H/t7-;/m0./s1. The molecule has 8 heteroatoms. The highest BCUT2D eigenvalue weighted by molar-refractivity contribution is 5.85. The van der Waals surface area contributed by atoms with Gasteiger partial charge in [-0.3, -0.25) is 0 Å². The minimum Gasteiger partial charge on any atom is -0.508 e. The van der Waals surface area contributed by atoms with E-state index in [4.69, 9.17) is 21.1 Å². The number of nitrogens with two attached hydrogens (primary N) is 1. The quantitative estimate of drug-likeness (QED) is 0.619. The summed E-state index contributed by atoms with van der Waals surface area (Å²) >= 11 is 0. The van der Waals surface area contributed by atoms with Crippen LogP contribution in [0.25, 0.3) is 0 Å². The van der Waals surface area contributed by atoms with Crippen LogP contribution in [0, 0.1) is 0 Å². The lowest BCUT2D eigenvalue weighted by Gasteiger charge is -2.18. The van der Waals surface area contributed by atoms with Gasteiger partial charge in [0.2, 0.25) is 0 Å². The fraction of sp³-hybridized carbons (Fsp3) is 0.250. The number of benzene rings is 1. The molecule has 16 heavy (non-hydrogen) atoms. The summed E-state index contributed by atoms with van der Waals surface area (Å²) < 4.78 is 36.6. The zero-order chi connectivity index (χ0) is 11.8. The van der Waals surface area contributed by atoms with Gasteiger partial charge in [0.15, 0.2) is 0 Å². The molecule has 1 aromatic rings. The third kappa shape index (κ3) is 2.83. The molecule has 0 unspecified atom stereocenters. The van der Waals surface area contributed by atoms with Gasteiger partial charge in [-0.25, -0.2) is 0 Å². The van der Waals surface area contributed by atoms with Crippen LogP contribution in [0.1, 0.15) is 11.6 Å². The second kappa shape index (κ2) is 4.67. The van der Waals surface area contributed by atoms with Crippen LogP contribution in [-0.4, -0.2) is 21.5 Å². The van der Waals surface area contributed by atoms with Crippen LogP contribution in [-0.2, 0) is 0 Å². The van der Waals surface area contributed by atoms with Crippen molar-refractivity contribution in [1.29, 1.82) is 0 Å². The molecule has 4 nitrogen and oxygen atoms in total. The van der Waals surface area contributed by atoms with Crippen molar-refractivity contribution in [3.63, 3.8) is 0 Å². The Kier molecular flexibility index (Phi) is 4.28. The Morgan fingerprint density at radius 2 is 1.44 bits per heavy atom. The van der Waals surface area contributed by atoms with Crippen molar-refractivity contribution in [2.24, 2.45) is 5.73 Å². The number of halogens is 4. The first-order valence-electron chi connectivity index (χ1n) is 3.80. The summed E-state index contributed by atoms with van der Waals surface area (Å²) in [5.41, 5.74) is 3.94. The van der Waals surface area contributed by atoms with Crippen molar-refractivity contribution in [3.05, 3.63) is 17.7 Å². The Labute approximate surface area is 94.5 Å². The fourth-order valence-corrected chi connectivity index (χ4v) is 1.09. The van der Waals surface area contributed by atoms with E-state index in [2.05, 4.69) is 0 Å². The number of hydrogen-bond acceptors (Lipinski definition) is 4. The average Bonchev–Trinajstić information content (AvgIpc) is 1.99. The van der Waals surface area contributed by atoms with Crippen molar-refractivity contribution in [2.75, 3.05) is 0 Å². The maximum atomic E-state index is 12.2. The molecule has 1 atom stereocenters. The lowest BCUT2D eigenvalue weighted by atomic mass is 10.0. The van der Waals surface area contributed by atoms with E-state index in [9.17, 15) is 13.2 Å². The van der Waals surface area contributed by atoms with Crippen molar-refractivity contribution >= 4 is 12.4 Å². The molecule has 0 saturated carbocycles. The Hall–Kier alpha value is -1.34. The molecule has 1 aromatic carbocycles. The van der Waals surface area contributed by atoms with Crippen LogP contribution in [0.4, 0.5) is 13.2 Å². The van der Waals surface area contributed by atoms with Gasteiger partial charge in [0, 0.05) is 12.1 Å². The lowest BCUT2D eigenvalue weighted by molar-refractivity contribution is -0.149. The van der Waals surface area contributed by atoms with E-state index in [0.717, 1.165) is 0 Å². The van der Waals surface area contributed by atoms with Gasteiger partial charge in [0.25, 0.3) is 0 Å². The normalized spacial score (nSPS) is 13.0. The van der Waals surface area contributed by atoms with E-state index in [0.29, 0.717) is 12.1 Å². The molecule has 0 saturated heterocycles. The number of phenolic OH excluding ortho intramolecular Hbond substituents is 3. The molecule has 0 fully saturated rings. The molecule has 0 aliphatic carbocycles. The Morgan fingerprint density at radius 3 is 1.75 bits per heavy atom. The average molecular weight is 260 g/mol. The molecule has 0 aliphatic rings. The maximum absolute atomic E-state index is 12.2. The first-order chi connectivity index (χ1) is 6.73. The van der Waals surface area contributed by atoms with E-state index < -0.39 is 35.0 Å². The first-order valence-corrected chi connectivity index (χ1v) is 3.80. The monoisotopic (exact) mass is 259 g/mol. The van der Waals surface area contributed by atoms with Crippen molar-refractivity contribution in [3.8, 4) is 17.2 Å². The molecule has 0 aliphatic heterocycles. The molecule has 0 heterocycles. The van der Waals surface area contributed by atoms with Gasteiger partial charge in [-0.15, -0.1) is 12.4 Å². The predicted octanol–water partition coefficient (Wildman–Crippen LogP) is 1.79. The summed E-state index contributed by atoms with van der Waals surface area (Å²) in [5, 5.41) is 27.1. The summed E-state index contributed by atoms with van der Waals surface area (Å²) in [6.45, 7) is 0. The number of aromatic hydroxyl groups is 3. The molecule has 0 radical (unpaired) electrons. The number of phenols is 3. The van der Waals surface area contributed by atoms with Gasteiger partial charge in [-0.1, -0.05) is 0 Å². The zero-order valence-corrected chi connectivity index (χ0v) is 8.51. The molecule has 1 rings (SSSR count). The molecule has 0 bridgehead atoms. The highest BCUT2D eigenvalue weighted by Crippen LogP contribution is 2.41. The molecule has 0 aromatic heterocycles. The van der Waals surface area contributed by atoms with Gasteiger partial charge < -0.3 is 21.1 Å². The molecular weight excluding hydrogens is 251 g/mol. The van der Waals surface area contributed by atoms with Gasteiger partial charge >= 0.3 is 6.18 Å². The lowest BCUT2D eigenvalue weighted by Crippen LogP contribution is -2.28. The third-order valence-electron chi connectivity index (χ3n) is 1.78. The summed E-state index contributed by atoms with van der Waals surface area (Å²) in [6, 6.07) is -1.17. The summed E-state index contributed by atoms with van der Waals surface area (Å²) in [5.74, 6) is -2.36. The summed E-state index contributed by atoms with van der Waals surface area (Å²) in [4.78, 5) is 0. The van der Waals surface area contributed by atoms with E-state index >= 15 is 0 Å². The smallest absolute Gasteiger partial charge is 0.407 e. The largest absolute Gasteiger partial charge is 0.508 e. The molecule has 92 valence electrons. The van der Waals surface area contributed by atoms with Crippen LogP contribution in [0.5, 0.6) is 17.2 Å². The number of hydrogen-bond donors (Lipinski definition) is 4. The first kappa shape index (κ1) is 14.7. The van der Waals surface area contributed by atoms with Crippen molar-refractivity contribution in [1.82, 2.24) is 0 Å². The maximum Gasteiger partial charge on any atom is 0.407 e. The summed E-state index contributed by atoms with van der Waals surface area (Å²) in [7, 11) is 0. The predicted molar refractivity (Wildman–Crippen MR) is 51.7 cm³/mol. The summed E-state index contributed by atoms with van der Waals surface area (Å²) in [6.07, 6.45) is -4.79. The van der Waals surface area contributed by atoms with E-state index in [1.165, 1.54) is 0 Å². The highest BCUT2D eigenvalue weighted by Gasteiger charge is 2.41. The SMILES string of the molecule is Cl.N[C@@H](c1c(O)cc(O)cc1O)C(F)(F)F. The van der Waals surface area contributed by atoms with Crippen LogP contribution < -0.4 is 5.73 Å².